The second kappa shape index (κ2) is 6.49. The molecule has 1 aliphatic rings. The van der Waals surface area contributed by atoms with Crippen molar-refractivity contribution >= 4 is 5.91 Å². The van der Waals surface area contributed by atoms with Crippen LogP contribution in [0.5, 0.6) is 0 Å². The summed E-state index contributed by atoms with van der Waals surface area (Å²) >= 11 is 0. The lowest BCUT2D eigenvalue weighted by atomic mass is 10.1. The first-order valence-electron chi connectivity index (χ1n) is 7.90. The van der Waals surface area contributed by atoms with E-state index in [9.17, 15) is 9.90 Å². The standard InChI is InChI=1S/C15H22N6O2/c1-11(22)14-10-21(18-17-14)13-8-20(9-13)15(23)4-3-6-19-7-5-16-12(19)2/h5,7,10-11,13,22H,3-4,6,8-9H2,1-2H3. The number of aliphatic hydroxyl groups excluding tert-OH is 1. The molecular weight excluding hydrogens is 296 g/mol. The maximum absolute atomic E-state index is 12.1. The number of imidazole rings is 1. The molecule has 3 rings (SSSR count). The van der Waals surface area contributed by atoms with Crippen molar-refractivity contribution in [3.05, 3.63) is 30.1 Å². The molecule has 2 aromatic heterocycles. The molecular formula is C15H22N6O2. The molecule has 0 spiro atoms. The number of amides is 1. The predicted octanol–water partition coefficient (Wildman–Crippen LogP) is 0.700. The topological polar surface area (TPSA) is 89.1 Å². The van der Waals surface area contributed by atoms with E-state index in [1.165, 1.54) is 0 Å². The first-order valence-corrected chi connectivity index (χ1v) is 7.90. The molecule has 124 valence electrons. The fraction of sp³-hybridized carbons (Fsp3) is 0.600. The van der Waals surface area contributed by atoms with E-state index in [2.05, 4.69) is 19.9 Å². The molecule has 0 aromatic carbocycles. The third-order valence-corrected chi connectivity index (χ3v) is 4.26. The Hall–Kier alpha value is -2.22. The Morgan fingerprint density at radius 1 is 1.48 bits per heavy atom. The maximum Gasteiger partial charge on any atom is 0.222 e. The van der Waals surface area contributed by atoms with E-state index >= 15 is 0 Å². The molecule has 1 unspecified atom stereocenters. The van der Waals surface area contributed by atoms with Gasteiger partial charge in [-0.05, 0) is 20.3 Å². The summed E-state index contributed by atoms with van der Waals surface area (Å²) in [5.41, 5.74) is 0.561. The number of hydrogen-bond acceptors (Lipinski definition) is 5. The number of nitrogens with zero attached hydrogens (tertiary/aromatic N) is 6. The highest BCUT2D eigenvalue weighted by atomic mass is 16.3. The summed E-state index contributed by atoms with van der Waals surface area (Å²) in [6, 6.07) is 0.162. The van der Waals surface area contributed by atoms with Gasteiger partial charge in [-0.2, -0.15) is 0 Å². The third-order valence-electron chi connectivity index (χ3n) is 4.26. The van der Waals surface area contributed by atoms with Crippen molar-refractivity contribution < 1.29 is 9.90 Å². The summed E-state index contributed by atoms with van der Waals surface area (Å²) in [5, 5.41) is 17.4. The average molecular weight is 318 g/mol. The van der Waals surface area contributed by atoms with Crippen molar-refractivity contribution in [3.63, 3.8) is 0 Å². The monoisotopic (exact) mass is 318 g/mol. The number of hydrogen-bond donors (Lipinski definition) is 1. The van der Waals surface area contributed by atoms with Gasteiger partial charge in [0.05, 0.1) is 18.3 Å². The van der Waals surface area contributed by atoms with Crippen LogP contribution in [0.2, 0.25) is 0 Å². The molecule has 0 bridgehead atoms. The molecule has 3 heterocycles. The Morgan fingerprint density at radius 3 is 2.87 bits per heavy atom. The number of likely N-dealkylation sites (tertiary alicyclic amines) is 1. The summed E-state index contributed by atoms with van der Waals surface area (Å²) in [7, 11) is 0. The van der Waals surface area contributed by atoms with Gasteiger partial charge in [0.2, 0.25) is 5.91 Å². The van der Waals surface area contributed by atoms with Crippen LogP contribution in [0, 0.1) is 6.92 Å². The lowest BCUT2D eigenvalue weighted by molar-refractivity contribution is -0.137. The van der Waals surface area contributed by atoms with Gasteiger partial charge in [-0.25, -0.2) is 9.67 Å². The smallest absolute Gasteiger partial charge is 0.222 e. The molecule has 0 radical (unpaired) electrons. The number of aryl methyl sites for hydroxylation is 2. The maximum atomic E-state index is 12.1. The Bertz CT molecular complexity index is 671. The first kappa shape index (κ1) is 15.7. The fourth-order valence-corrected chi connectivity index (χ4v) is 2.69. The highest BCUT2D eigenvalue weighted by molar-refractivity contribution is 5.77. The largest absolute Gasteiger partial charge is 0.387 e. The Kier molecular flexibility index (Phi) is 4.42. The molecule has 1 saturated heterocycles. The average Bonchev–Trinajstić information content (AvgIpc) is 3.07. The van der Waals surface area contributed by atoms with Crippen LogP contribution in [0.1, 0.15) is 43.4 Å². The molecule has 2 aromatic rings. The van der Waals surface area contributed by atoms with Gasteiger partial charge < -0.3 is 14.6 Å². The number of carbonyl (C=O) groups is 1. The van der Waals surface area contributed by atoms with Crippen LogP contribution in [0.3, 0.4) is 0 Å². The van der Waals surface area contributed by atoms with Crippen molar-refractivity contribution in [1.82, 2.24) is 29.4 Å². The zero-order valence-electron chi connectivity index (χ0n) is 13.5. The van der Waals surface area contributed by atoms with Gasteiger partial charge in [-0.3, -0.25) is 4.79 Å². The Morgan fingerprint density at radius 2 is 2.26 bits per heavy atom. The van der Waals surface area contributed by atoms with Gasteiger partial charge in [0.15, 0.2) is 0 Å². The van der Waals surface area contributed by atoms with Crippen LogP contribution in [0.25, 0.3) is 0 Å². The van der Waals surface area contributed by atoms with Crippen LogP contribution in [0.15, 0.2) is 18.6 Å². The van der Waals surface area contributed by atoms with Crippen molar-refractivity contribution in [3.8, 4) is 0 Å². The Balaban J connectivity index is 1.41. The summed E-state index contributed by atoms with van der Waals surface area (Å²) < 4.78 is 3.79. The predicted molar refractivity (Wildman–Crippen MR) is 82.5 cm³/mol. The third kappa shape index (κ3) is 3.42. The van der Waals surface area contributed by atoms with Gasteiger partial charge >= 0.3 is 0 Å². The van der Waals surface area contributed by atoms with Gasteiger partial charge in [0.1, 0.15) is 11.5 Å². The van der Waals surface area contributed by atoms with Gasteiger partial charge in [-0.1, -0.05) is 5.21 Å². The van der Waals surface area contributed by atoms with Crippen LogP contribution >= 0.6 is 0 Å². The molecule has 1 amide bonds. The number of rotatable bonds is 6. The van der Waals surface area contributed by atoms with Crippen LogP contribution < -0.4 is 0 Å². The van der Waals surface area contributed by atoms with E-state index < -0.39 is 6.10 Å². The van der Waals surface area contributed by atoms with E-state index in [0.717, 1.165) is 18.8 Å². The molecule has 1 aliphatic heterocycles. The zero-order chi connectivity index (χ0) is 16.4. The van der Waals surface area contributed by atoms with Crippen molar-refractivity contribution in [2.75, 3.05) is 13.1 Å². The lowest BCUT2D eigenvalue weighted by Crippen LogP contribution is -2.50. The summed E-state index contributed by atoms with van der Waals surface area (Å²) in [4.78, 5) is 18.2. The molecule has 8 heteroatoms. The first-order chi connectivity index (χ1) is 11.0. The molecule has 1 fully saturated rings. The van der Waals surface area contributed by atoms with E-state index in [4.69, 9.17) is 0 Å². The number of aromatic nitrogens is 5. The van der Waals surface area contributed by atoms with Crippen LogP contribution in [-0.4, -0.2) is 53.5 Å². The van der Waals surface area contributed by atoms with Crippen molar-refractivity contribution in [2.24, 2.45) is 0 Å². The minimum Gasteiger partial charge on any atom is -0.387 e. The van der Waals surface area contributed by atoms with Gasteiger partial charge in [0, 0.05) is 38.4 Å². The molecule has 0 saturated carbocycles. The minimum absolute atomic E-state index is 0.162. The lowest BCUT2D eigenvalue weighted by Gasteiger charge is -2.39. The highest BCUT2D eigenvalue weighted by Crippen LogP contribution is 2.22. The molecule has 23 heavy (non-hydrogen) atoms. The van der Waals surface area contributed by atoms with E-state index in [-0.39, 0.29) is 11.9 Å². The van der Waals surface area contributed by atoms with Crippen molar-refractivity contribution in [1.29, 1.82) is 0 Å². The summed E-state index contributed by atoms with van der Waals surface area (Å²) in [5.74, 6) is 1.15. The Labute approximate surface area is 134 Å². The summed E-state index contributed by atoms with van der Waals surface area (Å²) in [6.45, 7) is 5.75. The normalized spacial score (nSPS) is 16.4. The van der Waals surface area contributed by atoms with Crippen LogP contribution in [-0.2, 0) is 11.3 Å². The van der Waals surface area contributed by atoms with Gasteiger partial charge in [0.25, 0.3) is 0 Å². The van der Waals surface area contributed by atoms with Crippen molar-refractivity contribution in [2.45, 2.75) is 45.4 Å². The second-order valence-electron chi connectivity index (χ2n) is 6.02. The molecule has 1 N–H and O–H groups in total. The zero-order valence-corrected chi connectivity index (χ0v) is 13.5. The highest BCUT2D eigenvalue weighted by Gasteiger charge is 2.32. The molecule has 0 aliphatic carbocycles. The van der Waals surface area contributed by atoms with E-state index in [1.54, 1.807) is 24.0 Å². The van der Waals surface area contributed by atoms with E-state index in [0.29, 0.717) is 25.2 Å². The molecule has 1 atom stereocenters. The summed E-state index contributed by atoms with van der Waals surface area (Å²) in [6.07, 6.45) is 6.20. The minimum atomic E-state index is -0.617. The fourth-order valence-electron chi connectivity index (χ4n) is 2.69. The number of aliphatic hydroxyl groups is 1. The molecule has 8 nitrogen and oxygen atoms in total. The van der Waals surface area contributed by atoms with E-state index in [1.807, 2.05) is 18.0 Å². The number of carbonyl (C=O) groups excluding carboxylic acids is 1. The quantitative estimate of drug-likeness (QED) is 0.847. The SMILES string of the molecule is Cc1nccn1CCCC(=O)N1CC(n2cc(C(C)O)nn2)C1. The second-order valence-corrected chi connectivity index (χ2v) is 6.02. The van der Waals surface area contributed by atoms with Crippen LogP contribution in [0.4, 0.5) is 0 Å². The van der Waals surface area contributed by atoms with Gasteiger partial charge in [-0.15, -0.1) is 5.10 Å².